The van der Waals surface area contributed by atoms with Crippen LogP contribution in [0.3, 0.4) is 0 Å². The highest BCUT2D eigenvalue weighted by Gasteiger charge is 2.50. The van der Waals surface area contributed by atoms with E-state index in [0.29, 0.717) is 5.69 Å². The molecule has 1 unspecified atom stereocenters. The maximum Gasteiger partial charge on any atom is 0.247 e. The zero-order valence-corrected chi connectivity index (χ0v) is 19.4. The molecule has 0 bridgehead atoms. The van der Waals surface area contributed by atoms with Gasteiger partial charge in [0.05, 0.1) is 12.8 Å². The van der Waals surface area contributed by atoms with Gasteiger partial charge in [-0.25, -0.2) is 8.42 Å². The van der Waals surface area contributed by atoms with E-state index in [-0.39, 0.29) is 19.6 Å². The summed E-state index contributed by atoms with van der Waals surface area (Å²) in [4.78, 5) is 28.1. The third-order valence-corrected chi connectivity index (χ3v) is 6.87. The first kappa shape index (κ1) is 23.0. The summed E-state index contributed by atoms with van der Waals surface area (Å²) in [6.07, 6.45) is 1.05. The lowest BCUT2D eigenvalue weighted by Gasteiger charge is -2.47. The fraction of sp³-hybridized carbons (Fsp3) is 0.391. The molecular weight excluding hydrogens is 414 g/mol. The maximum absolute atomic E-state index is 13.4. The van der Waals surface area contributed by atoms with Crippen LogP contribution in [0, 0.1) is 20.8 Å². The molecule has 0 aliphatic carbocycles. The molecular formula is C23H29N3O4S. The first-order valence-corrected chi connectivity index (χ1v) is 12.0. The van der Waals surface area contributed by atoms with Gasteiger partial charge < -0.3 is 5.32 Å². The number of aryl methyl sites for hydroxylation is 3. The molecule has 2 amide bonds. The molecule has 1 N–H and O–H groups in total. The highest BCUT2D eigenvalue weighted by atomic mass is 32.2. The molecule has 2 aromatic carbocycles. The second kappa shape index (κ2) is 8.43. The summed E-state index contributed by atoms with van der Waals surface area (Å²) in [6, 6.07) is 13.5. The minimum atomic E-state index is -3.65. The minimum absolute atomic E-state index is 0.120. The Bertz CT molecular complexity index is 1110. The van der Waals surface area contributed by atoms with Crippen molar-refractivity contribution in [3.8, 4) is 0 Å². The van der Waals surface area contributed by atoms with Crippen molar-refractivity contribution < 1.29 is 18.0 Å². The molecule has 0 saturated carbocycles. The molecule has 1 saturated heterocycles. The lowest BCUT2D eigenvalue weighted by Crippen LogP contribution is -2.70. The van der Waals surface area contributed by atoms with E-state index < -0.39 is 27.4 Å². The quantitative estimate of drug-likeness (QED) is 0.768. The standard InChI is InChI=1S/C23H29N3O4S/c1-16-7-10-19(11-8-16)13-24-22(28)23(4)15-25(31(5,29)30)14-21(27)26(23)20-12-17(2)6-9-18(20)3/h6-12H,13-15H2,1-5H3,(H,24,28). The molecule has 1 fully saturated rings. The number of carbonyl (C=O) groups excluding carboxylic acids is 2. The Hall–Kier alpha value is -2.71. The average molecular weight is 444 g/mol. The van der Waals surface area contributed by atoms with Gasteiger partial charge in [-0.2, -0.15) is 4.31 Å². The van der Waals surface area contributed by atoms with Crippen LogP contribution in [0.25, 0.3) is 0 Å². The van der Waals surface area contributed by atoms with Crippen molar-refractivity contribution in [1.82, 2.24) is 9.62 Å². The first-order chi connectivity index (χ1) is 14.4. The van der Waals surface area contributed by atoms with Gasteiger partial charge in [0.2, 0.25) is 21.8 Å². The molecule has 2 aromatic rings. The summed E-state index contributed by atoms with van der Waals surface area (Å²) in [5, 5.41) is 2.90. The smallest absolute Gasteiger partial charge is 0.247 e. The third kappa shape index (κ3) is 4.80. The number of anilines is 1. The summed E-state index contributed by atoms with van der Waals surface area (Å²) in [6.45, 7) is 7.25. The minimum Gasteiger partial charge on any atom is -0.350 e. The van der Waals surface area contributed by atoms with Gasteiger partial charge in [-0.15, -0.1) is 0 Å². The Balaban J connectivity index is 1.99. The summed E-state index contributed by atoms with van der Waals surface area (Å²) in [5.41, 5.74) is 3.03. The van der Waals surface area contributed by atoms with Gasteiger partial charge in [0.25, 0.3) is 0 Å². The molecule has 1 aliphatic heterocycles. The number of carbonyl (C=O) groups is 2. The van der Waals surface area contributed by atoms with Crippen molar-refractivity contribution in [1.29, 1.82) is 0 Å². The van der Waals surface area contributed by atoms with Crippen molar-refractivity contribution in [2.75, 3.05) is 24.2 Å². The van der Waals surface area contributed by atoms with Gasteiger partial charge in [0, 0.05) is 18.8 Å². The topological polar surface area (TPSA) is 86.8 Å². The zero-order chi connectivity index (χ0) is 23.0. The monoisotopic (exact) mass is 443 g/mol. The number of rotatable bonds is 5. The Morgan fingerprint density at radius 2 is 1.68 bits per heavy atom. The number of nitrogens with zero attached hydrogens (tertiary/aromatic N) is 2. The predicted octanol–water partition coefficient (Wildman–Crippen LogP) is 2.30. The van der Waals surface area contributed by atoms with Gasteiger partial charge in [0.15, 0.2) is 0 Å². The number of hydrogen-bond acceptors (Lipinski definition) is 4. The van der Waals surface area contributed by atoms with E-state index in [0.717, 1.165) is 32.8 Å². The molecule has 8 heteroatoms. The van der Waals surface area contributed by atoms with Crippen LogP contribution in [0.2, 0.25) is 0 Å². The number of piperazine rings is 1. The number of amides is 2. The van der Waals surface area contributed by atoms with Crippen molar-refractivity contribution in [2.45, 2.75) is 39.8 Å². The van der Waals surface area contributed by atoms with E-state index in [4.69, 9.17) is 0 Å². The van der Waals surface area contributed by atoms with E-state index in [1.165, 1.54) is 4.90 Å². The first-order valence-electron chi connectivity index (χ1n) is 10.1. The Morgan fingerprint density at radius 1 is 1.06 bits per heavy atom. The van der Waals surface area contributed by atoms with Crippen LogP contribution < -0.4 is 10.2 Å². The normalized spacial score (nSPS) is 20.0. The van der Waals surface area contributed by atoms with Crippen molar-refractivity contribution >= 4 is 27.5 Å². The third-order valence-electron chi connectivity index (χ3n) is 5.68. The number of benzene rings is 2. The van der Waals surface area contributed by atoms with Gasteiger partial charge in [0.1, 0.15) is 5.54 Å². The molecule has 1 aliphatic rings. The summed E-state index contributed by atoms with van der Waals surface area (Å²) >= 11 is 0. The van der Waals surface area contributed by atoms with Gasteiger partial charge in [-0.3, -0.25) is 14.5 Å². The van der Waals surface area contributed by atoms with Crippen LogP contribution in [0.4, 0.5) is 5.69 Å². The number of nitrogens with one attached hydrogen (secondary N) is 1. The van der Waals surface area contributed by atoms with E-state index >= 15 is 0 Å². The molecule has 7 nitrogen and oxygen atoms in total. The van der Waals surface area contributed by atoms with E-state index in [2.05, 4.69) is 5.32 Å². The summed E-state index contributed by atoms with van der Waals surface area (Å²) in [7, 11) is -3.65. The van der Waals surface area contributed by atoms with Crippen molar-refractivity contribution in [3.63, 3.8) is 0 Å². The van der Waals surface area contributed by atoms with E-state index in [1.807, 2.05) is 63.2 Å². The molecule has 31 heavy (non-hydrogen) atoms. The molecule has 3 rings (SSSR count). The summed E-state index contributed by atoms with van der Waals surface area (Å²) in [5.74, 6) is -0.839. The second-order valence-electron chi connectivity index (χ2n) is 8.49. The molecule has 0 aromatic heterocycles. The lowest BCUT2D eigenvalue weighted by atomic mass is 9.93. The predicted molar refractivity (Wildman–Crippen MR) is 121 cm³/mol. The Labute approximate surface area is 184 Å². The highest BCUT2D eigenvalue weighted by molar-refractivity contribution is 7.88. The second-order valence-corrected chi connectivity index (χ2v) is 10.5. The number of sulfonamides is 1. The fourth-order valence-electron chi connectivity index (χ4n) is 3.81. The van der Waals surface area contributed by atoms with Gasteiger partial charge in [-0.05, 0) is 50.5 Å². The molecule has 0 spiro atoms. The highest BCUT2D eigenvalue weighted by Crippen LogP contribution is 2.33. The van der Waals surface area contributed by atoms with Crippen LogP contribution in [-0.4, -0.2) is 49.4 Å². The van der Waals surface area contributed by atoms with Crippen LogP contribution >= 0.6 is 0 Å². The molecule has 1 atom stereocenters. The van der Waals surface area contributed by atoms with Crippen molar-refractivity contribution in [2.24, 2.45) is 0 Å². The van der Waals surface area contributed by atoms with E-state index in [1.54, 1.807) is 6.92 Å². The Kier molecular flexibility index (Phi) is 6.25. The van der Waals surface area contributed by atoms with E-state index in [9.17, 15) is 18.0 Å². The van der Waals surface area contributed by atoms with Crippen LogP contribution in [-0.2, 0) is 26.2 Å². The number of hydrogen-bond donors (Lipinski definition) is 1. The van der Waals surface area contributed by atoms with Gasteiger partial charge in [-0.1, -0.05) is 42.0 Å². The SMILES string of the molecule is Cc1ccc(CNC(=O)C2(C)CN(S(C)(=O)=O)CC(=O)N2c2cc(C)ccc2C)cc1. The zero-order valence-electron chi connectivity index (χ0n) is 18.6. The molecule has 1 heterocycles. The van der Waals surface area contributed by atoms with Crippen molar-refractivity contribution in [3.05, 3.63) is 64.7 Å². The maximum atomic E-state index is 13.4. The largest absolute Gasteiger partial charge is 0.350 e. The van der Waals surface area contributed by atoms with Gasteiger partial charge >= 0.3 is 0 Å². The molecule has 166 valence electrons. The lowest BCUT2D eigenvalue weighted by molar-refractivity contribution is -0.133. The average Bonchev–Trinajstić information content (AvgIpc) is 2.68. The fourth-order valence-corrected chi connectivity index (χ4v) is 4.64. The van der Waals surface area contributed by atoms with Crippen LogP contribution in [0.1, 0.15) is 29.2 Å². The molecule has 0 radical (unpaired) electrons. The Morgan fingerprint density at radius 3 is 2.29 bits per heavy atom. The summed E-state index contributed by atoms with van der Waals surface area (Å²) < 4.78 is 25.6. The van der Waals surface area contributed by atoms with Crippen LogP contribution in [0.15, 0.2) is 42.5 Å². The van der Waals surface area contributed by atoms with Crippen LogP contribution in [0.5, 0.6) is 0 Å².